The van der Waals surface area contributed by atoms with Crippen LogP contribution in [0.15, 0.2) is 58.1 Å². The number of halogens is 1. The Balaban J connectivity index is 2.07. The maximum Gasteiger partial charge on any atom is 0.271 e. The first-order valence-corrected chi connectivity index (χ1v) is 7.31. The van der Waals surface area contributed by atoms with E-state index in [-0.39, 0.29) is 5.91 Å². The van der Waals surface area contributed by atoms with Crippen molar-refractivity contribution in [2.45, 2.75) is 6.92 Å². The fourth-order valence-electron chi connectivity index (χ4n) is 1.72. The lowest BCUT2D eigenvalue weighted by Gasteiger charge is -2.07. The minimum Gasteiger partial charge on any atom is -0.493 e. The van der Waals surface area contributed by atoms with E-state index < -0.39 is 0 Å². The van der Waals surface area contributed by atoms with Crippen molar-refractivity contribution in [1.29, 1.82) is 0 Å². The molecule has 0 atom stereocenters. The number of carbonyl (C=O) groups is 1. The first-order chi connectivity index (χ1) is 10.2. The second-order valence-electron chi connectivity index (χ2n) is 4.18. The van der Waals surface area contributed by atoms with Gasteiger partial charge in [-0.3, -0.25) is 4.79 Å². The molecule has 2 aromatic rings. The molecule has 0 aliphatic heterocycles. The number of nitrogens with one attached hydrogen (secondary N) is 1. The third kappa shape index (κ3) is 4.43. The Hall–Kier alpha value is -2.14. The van der Waals surface area contributed by atoms with Crippen LogP contribution in [-0.2, 0) is 0 Å². The van der Waals surface area contributed by atoms with Crippen LogP contribution >= 0.6 is 15.9 Å². The predicted octanol–water partition coefficient (Wildman–Crippen LogP) is 3.61. The molecule has 0 heterocycles. The molecule has 4 nitrogen and oxygen atoms in total. The Morgan fingerprint density at radius 2 is 2.05 bits per heavy atom. The summed E-state index contributed by atoms with van der Waals surface area (Å²) in [7, 11) is 0. The average molecular weight is 347 g/mol. The SMILES string of the molecule is CCOc1ccc(Br)cc1/C=N/NC(=O)c1ccccc1. The van der Waals surface area contributed by atoms with Gasteiger partial charge < -0.3 is 4.74 Å². The smallest absolute Gasteiger partial charge is 0.271 e. The molecular weight excluding hydrogens is 332 g/mol. The van der Waals surface area contributed by atoms with E-state index in [1.54, 1.807) is 30.5 Å². The van der Waals surface area contributed by atoms with Gasteiger partial charge in [0.1, 0.15) is 5.75 Å². The highest BCUT2D eigenvalue weighted by molar-refractivity contribution is 9.10. The highest BCUT2D eigenvalue weighted by atomic mass is 79.9. The highest BCUT2D eigenvalue weighted by Gasteiger charge is 2.04. The number of ether oxygens (including phenoxy) is 1. The summed E-state index contributed by atoms with van der Waals surface area (Å²) >= 11 is 3.40. The van der Waals surface area contributed by atoms with E-state index in [1.807, 2.05) is 31.2 Å². The van der Waals surface area contributed by atoms with Crippen LogP contribution in [-0.4, -0.2) is 18.7 Å². The Morgan fingerprint density at radius 1 is 1.29 bits per heavy atom. The summed E-state index contributed by atoms with van der Waals surface area (Å²) in [6.07, 6.45) is 1.57. The lowest BCUT2D eigenvalue weighted by Crippen LogP contribution is -2.17. The number of nitrogens with zero attached hydrogens (tertiary/aromatic N) is 1. The summed E-state index contributed by atoms with van der Waals surface area (Å²) in [5.74, 6) is 0.471. The second kappa shape index (κ2) is 7.59. The highest BCUT2D eigenvalue weighted by Crippen LogP contribution is 2.21. The predicted molar refractivity (Wildman–Crippen MR) is 86.8 cm³/mol. The fourth-order valence-corrected chi connectivity index (χ4v) is 2.10. The molecule has 5 heteroatoms. The normalized spacial score (nSPS) is 10.6. The zero-order valence-electron chi connectivity index (χ0n) is 11.5. The van der Waals surface area contributed by atoms with Gasteiger partial charge in [-0.2, -0.15) is 5.10 Å². The topological polar surface area (TPSA) is 50.7 Å². The quantitative estimate of drug-likeness (QED) is 0.664. The summed E-state index contributed by atoms with van der Waals surface area (Å²) in [5.41, 5.74) is 3.85. The van der Waals surface area contributed by atoms with E-state index in [2.05, 4.69) is 26.5 Å². The third-order valence-corrected chi connectivity index (χ3v) is 3.17. The monoisotopic (exact) mass is 346 g/mol. The van der Waals surface area contributed by atoms with Crippen molar-refractivity contribution >= 4 is 28.1 Å². The van der Waals surface area contributed by atoms with Crippen LogP contribution in [0.3, 0.4) is 0 Å². The molecule has 0 aliphatic carbocycles. The summed E-state index contributed by atoms with van der Waals surface area (Å²) in [6, 6.07) is 14.6. The van der Waals surface area contributed by atoms with Gasteiger partial charge in [-0.1, -0.05) is 34.1 Å². The van der Waals surface area contributed by atoms with Gasteiger partial charge in [0.15, 0.2) is 0 Å². The molecule has 2 rings (SSSR count). The summed E-state index contributed by atoms with van der Waals surface area (Å²) in [4.78, 5) is 11.8. The molecule has 0 unspecified atom stereocenters. The van der Waals surface area contributed by atoms with Crippen molar-refractivity contribution < 1.29 is 9.53 Å². The van der Waals surface area contributed by atoms with Crippen LogP contribution in [0.4, 0.5) is 0 Å². The van der Waals surface area contributed by atoms with Gasteiger partial charge in [-0.15, -0.1) is 0 Å². The number of carbonyl (C=O) groups excluding carboxylic acids is 1. The molecule has 0 radical (unpaired) electrons. The maximum atomic E-state index is 11.8. The van der Waals surface area contributed by atoms with Gasteiger partial charge in [-0.25, -0.2) is 5.43 Å². The van der Waals surface area contributed by atoms with Crippen LogP contribution in [0.5, 0.6) is 5.75 Å². The number of amides is 1. The van der Waals surface area contributed by atoms with Crippen molar-refractivity contribution in [3.05, 3.63) is 64.1 Å². The third-order valence-electron chi connectivity index (χ3n) is 2.68. The Labute approximate surface area is 132 Å². The molecule has 0 spiro atoms. The zero-order chi connectivity index (χ0) is 15.1. The number of hydrazone groups is 1. The average Bonchev–Trinajstić information content (AvgIpc) is 2.51. The maximum absolute atomic E-state index is 11.8. The molecule has 0 aliphatic rings. The van der Waals surface area contributed by atoms with E-state index >= 15 is 0 Å². The van der Waals surface area contributed by atoms with Crippen LogP contribution < -0.4 is 10.2 Å². The minimum absolute atomic E-state index is 0.250. The van der Waals surface area contributed by atoms with E-state index in [1.165, 1.54) is 0 Å². The minimum atomic E-state index is -0.250. The van der Waals surface area contributed by atoms with E-state index in [4.69, 9.17) is 4.74 Å². The summed E-state index contributed by atoms with van der Waals surface area (Å²) in [6.45, 7) is 2.49. The molecule has 0 fully saturated rings. The summed E-state index contributed by atoms with van der Waals surface area (Å²) < 4.78 is 6.43. The van der Waals surface area contributed by atoms with Gasteiger partial charge in [0.25, 0.3) is 5.91 Å². The van der Waals surface area contributed by atoms with Gasteiger partial charge in [0.05, 0.1) is 12.8 Å². The molecule has 1 N–H and O–H groups in total. The van der Waals surface area contributed by atoms with Gasteiger partial charge in [-0.05, 0) is 37.3 Å². The Morgan fingerprint density at radius 3 is 2.76 bits per heavy atom. The van der Waals surface area contributed by atoms with E-state index in [9.17, 15) is 4.79 Å². The van der Waals surface area contributed by atoms with Crippen molar-refractivity contribution in [3.63, 3.8) is 0 Å². The molecular formula is C16H15BrN2O2. The number of benzene rings is 2. The molecule has 1 amide bonds. The largest absolute Gasteiger partial charge is 0.493 e. The molecule has 2 aromatic carbocycles. The first kappa shape index (κ1) is 15.3. The van der Waals surface area contributed by atoms with Crippen LogP contribution in [0.2, 0.25) is 0 Å². The van der Waals surface area contributed by atoms with Crippen LogP contribution in [0, 0.1) is 0 Å². The van der Waals surface area contributed by atoms with Crippen LogP contribution in [0.25, 0.3) is 0 Å². The molecule has 0 bridgehead atoms. The Bertz CT molecular complexity index is 642. The Kier molecular flexibility index (Phi) is 5.51. The van der Waals surface area contributed by atoms with Crippen molar-refractivity contribution in [2.75, 3.05) is 6.61 Å². The fraction of sp³-hybridized carbons (Fsp3) is 0.125. The standard InChI is InChI=1S/C16H15BrN2O2/c1-2-21-15-9-8-14(17)10-13(15)11-18-19-16(20)12-6-4-3-5-7-12/h3-11H,2H2,1H3,(H,19,20)/b18-11+. The molecule has 108 valence electrons. The molecule has 0 saturated carbocycles. The number of hydrogen-bond donors (Lipinski definition) is 1. The van der Waals surface area contributed by atoms with Gasteiger partial charge in [0.2, 0.25) is 0 Å². The first-order valence-electron chi connectivity index (χ1n) is 6.51. The van der Waals surface area contributed by atoms with Crippen LogP contribution in [0.1, 0.15) is 22.8 Å². The van der Waals surface area contributed by atoms with Gasteiger partial charge in [0, 0.05) is 15.6 Å². The van der Waals surface area contributed by atoms with Crippen molar-refractivity contribution in [2.24, 2.45) is 5.10 Å². The molecule has 0 saturated heterocycles. The van der Waals surface area contributed by atoms with Gasteiger partial charge >= 0.3 is 0 Å². The van der Waals surface area contributed by atoms with E-state index in [0.717, 1.165) is 15.8 Å². The second-order valence-corrected chi connectivity index (χ2v) is 5.10. The van der Waals surface area contributed by atoms with E-state index in [0.29, 0.717) is 12.2 Å². The molecule has 21 heavy (non-hydrogen) atoms. The van der Waals surface area contributed by atoms with Crippen molar-refractivity contribution in [3.8, 4) is 5.75 Å². The molecule has 0 aromatic heterocycles. The van der Waals surface area contributed by atoms with Crippen molar-refractivity contribution in [1.82, 2.24) is 5.43 Å². The lowest BCUT2D eigenvalue weighted by molar-refractivity contribution is 0.0955. The lowest BCUT2D eigenvalue weighted by atomic mass is 10.2. The zero-order valence-corrected chi connectivity index (χ0v) is 13.1. The summed E-state index contributed by atoms with van der Waals surface area (Å²) in [5, 5.41) is 3.98. The number of rotatable bonds is 5. The number of hydrogen-bond acceptors (Lipinski definition) is 3.